The Balaban J connectivity index is 1.29. The molecule has 4 aliphatic rings. The number of anilines is 2. The number of hydrogen-bond acceptors (Lipinski definition) is 5. The normalized spacial score (nSPS) is 29.6. The lowest BCUT2D eigenvalue weighted by Crippen LogP contribution is -2.54. The number of hydrogen-bond donors (Lipinski definition) is 3. The highest BCUT2D eigenvalue weighted by atomic mass is 16.4. The Hall–Kier alpha value is -2.90. The van der Waals surface area contributed by atoms with Crippen LogP contribution in [0.3, 0.4) is 0 Å². The fourth-order valence-corrected chi connectivity index (χ4v) is 6.06. The molecule has 1 heterocycles. The predicted molar refractivity (Wildman–Crippen MR) is 107 cm³/mol. The van der Waals surface area contributed by atoms with Crippen molar-refractivity contribution in [3.8, 4) is 0 Å². The van der Waals surface area contributed by atoms with Crippen molar-refractivity contribution < 1.29 is 14.7 Å². The Kier molecular flexibility index (Phi) is 4.29. The van der Waals surface area contributed by atoms with Crippen LogP contribution in [-0.4, -0.2) is 37.5 Å². The minimum atomic E-state index is -1.17. The van der Waals surface area contributed by atoms with Crippen LogP contribution in [0.4, 0.5) is 11.4 Å². The molecule has 8 heteroatoms. The smallest absolute Gasteiger partial charge is 0.358 e. The van der Waals surface area contributed by atoms with Crippen LogP contribution in [0.15, 0.2) is 30.5 Å². The number of carboxylic acids is 1. The van der Waals surface area contributed by atoms with E-state index >= 15 is 0 Å². The highest BCUT2D eigenvalue weighted by Gasteiger charge is 2.51. The summed E-state index contributed by atoms with van der Waals surface area (Å²) < 4.78 is 1.23. The molecule has 152 valence electrons. The van der Waals surface area contributed by atoms with Crippen molar-refractivity contribution in [2.75, 3.05) is 10.6 Å². The Morgan fingerprint density at radius 2 is 1.69 bits per heavy atom. The molecule has 4 saturated carbocycles. The quantitative estimate of drug-likeness (QED) is 0.694. The number of carboxylic acid groups (broad SMARTS) is 1. The number of carbonyl (C=O) groups excluding carboxylic acids is 1. The zero-order chi connectivity index (χ0) is 20.0. The lowest BCUT2D eigenvalue weighted by atomic mass is 9.53. The van der Waals surface area contributed by atoms with Gasteiger partial charge in [0.25, 0.3) is 0 Å². The summed E-state index contributed by atoms with van der Waals surface area (Å²) >= 11 is 0. The maximum absolute atomic E-state index is 12.5. The molecule has 0 saturated heterocycles. The molecule has 0 aliphatic heterocycles. The van der Waals surface area contributed by atoms with E-state index in [2.05, 4.69) is 20.9 Å². The van der Waals surface area contributed by atoms with Gasteiger partial charge in [0.1, 0.15) is 6.54 Å². The van der Waals surface area contributed by atoms with E-state index in [-0.39, 0.29) is 23.7 Å². The van der Waals surface area contributed by atoms with E-state index in [1.54, 1.807) is 0 Å². The summed E-state index contributed by atoms with van der Waals surface area (Å²) in [6.45, 7) is -0.0913. The molecule has 2 aromatic rings. The molecule has 0 spiro atoms. The number of benzene rings is 1. The van der Waals surface area contributed by atoms with Gasteiger partial charge in [0.15, 0.2) is 5.69 Å². The second kappa shape index (κ2) is 6.86. The first kappa shape index (κ1) is 18.1. The first-order valence-electron chi connectivity index (χ1n) is 10.3. The number of nitrogens with one attached hydrogen (secondary N) is 2. The van der Waals surface area contributed by atoms with E-state index in [0.29, 0.717) is 0 Å². The molecular weight excluding hydrogens is 370 g/mol. The number of carbonyl (C=O) groups is 2. The van der Waals surface area contributed by atoms with E-state index in [1.165, 1.54) is 49.4 Å². The first-order valence-corrected chi connectivity index (χ1v) is 10.3. The second-order valence-electron chi connectivity index (χ2n) is 9.02. The molecule has 4 aliphatic carbocycles. The summed E-state index contributed by atoms with van der Waals surface area (Å²) in [5, 5.41) is 22.9. The Morgan fingerprint density at radius 1 is 1.07 bits per heavy atom. The summed E-state index contributed by atoms with van der Waals surface area (Å²) in [7, 11) is 0. The maximum atomic E-state index is 12.5. The average molecular weight is 395 g/mol. The molecule has 0 unspecified atom stereocenters. The van der Waals surface area contributed by atoms with Gasteiger partial charge in [-0.2, -0.15) is 0 Å². The van der Waals surface area contributed by atoms with Gasteiger partial charge in [-0.1, -0.05) is 17.3 Å². The van der Waals surface area contributed by atoms with Crippen molar-refractivity contribution in [2.45, 2.75) is 50.6 Å². The summed E-state index contributed by atoms with van der Waals surface area (Å²) in [6.07, 6.45) is 9.07. The number of aromatic carboxylic acids is 1. The third kappa shape index (κ3) is 3.59. The highest BCUT2D eigenvalue weighted by molar-refractivity contribution is 5.94. The van der Waals surface area contributed by atoms with Crippen LogP contribution in [0.5, 0.6) is 0 Å². The lowest BCUT2D eigenvalue weighted by Gasteiger charge is -2.57. The summed E-state index contributed by atoms with van der Waals surface area (Å²) in [5.41, 5.74) is 1.67. The van der Waals surface area contributed by atoms with Crippen LogP contribution in [-0.2, 0) is 11.3 Å². The topological polar surface area (TPSA) is 109 Å². The van der Waals surface area contributed by atoms with Gasteiger partial charge in [0.2, 0.25) is 5.91 Å². The van der Waals surface area contributed by atoms with E-state index in [9.17, 15) is 9.59 Å². The maximum Gasteiger partial charge on any atom is 0.358 e. The molecule has 4 fully saturated rings. The fraction of sp³-hybridized carbons (Fsp3) is 0.524. The van der Waals surface area contributed by atoms with Crippen molar-refractivity contribution >= 4 is 23.3 Å². The zero-order valence-corrected chi connectivity index (χ0v) is 16.2. The first-order chi connectivity index (χ1) is 14.0. The average Bonchev–Trinajstić information content (AvgIpc) is 3.10. The highest BCUT2D eigenvalue weighted by Crippen LogP contribution is 2.56. The number of aromatic nitrogens is 3. The Labute approximate surface area is 168 Å². The van der Waals surface area contributed by atoms with Crippen molar-refractivity contribution in [3.63, 3.8) is 0 Å². The van der Waals surface area contributed by atoms with Crippen LogP contribution in [0.1, 0.15) is 49.0 Å². The van der Waals surface area contributed by atoms with E-state index in [1.807, 2.05) is 24.3 Å². The summed E-state index contributed by atoms with van der Waals surface area (Å²) in [4.78, 5) is 23.4. The third-order valence-electron chi connectivity index (χ3n) is 6.70. The van der Waals surface area contributed by atoms with Crippen LogP contribution in [0.25, 0.3) is 0 Å². The molecule has 8 nitrogen and oxygen atoms in total. The van der Waals surface area contributed by atoms with E-state index in [0.717, 1.165) is 29.1 Å². The fourth-order valence-electron chi connectivity index (χ4n) is 6.06. The van der Waals surface area contributed by atoms with Gasteiger partial charge in [0.05, 0.1) is 17.6 Å². The van der Waals surface area contributed by atoms with Crippen molar-refractivity contribution in [3.05, 3.63) is 36.2 Å². The largest absolute Gasteiger partial charge is 0.476 e. The zero-order valence-electron chi connectivity index (χ0n) is 16.2. The molecular formula is C21H25N5O3. The molecule has 1 aromatic carbocycles. The summed E-state index contributed by atoms with van der Waals surface area (Å²) in [6, 6.07) is 7.80. The molecule has 0 atom stereocenters. The van der Waals surface area contributed by atoms with Crippen molar-refractivity contribution in [1.82, 2.24) is 15.0 Å². The van der Waals surface area contributed by atoms with Crippen molar-refractivity contribution in [2.24, 2.45) is 17.8 Å². The number of para-hydroxylation sites is 2. The van der Waals surface area contributed by atoms with Crippen LogP contribution < -0.4 is 10.6 Å². The Bertz CT molecular complexity index is 918. The van der Waals surface area contributed by atoms with E-state index < -0.39 is 5.97 Å². The minimum absolute atomic E-state index is 0.0913. The van der Waals surface area contributed by atoms with Crippen LogP contribution >= 0.6 is 0 Å². The summed E-state index contributed by atoms with van der Waals surface area (Å²) in [5.74, 6) is 1.08. The van der Waals surface area contributed by atoms with Gasteiger partial charge in [-0.3, -0.25) is 4.79 Å². The Morgan fingerprint density at radius 3 is 2.28 bits per heavy atom. The number of amides is 1. The van der Waals surface area contributed by atoms with E-state index in [4.69, 9.17) is 5.11 Å². The monoisotopic (exact) mass is 395 g/mol. The second-order valence-corrected chi connectivity index (χ2v) is 9.02. The van der Waals surface area contributed by atoms with Crippen LogP contribution in [0.2, 0.25) is 0 Å². The molecule has 4 bridgehead atoms. The van der Waals surface area contributed by atoms with Gasteiger partial charge in [-0.15, -0.1) is 5.10 Å². The molecule has 29 heavy (non-hydrogen) atoms. The standard InChI is InChI=1S/C21H25N5O3/c27-19(12-26-11-18(20(28)29)24-25-26)22-16-3-1-2-4-17(16)23-21-8-13-5-14(9-21)7-15(6-13)10-21/h1-4,11,13-15,23H,5-10,12H2,(H,22,27)(H,28,29). The molecule has 3 N–H and O–H groups in total. The van der Waals surface area contributed by atoms with Gasteiger partial charge in [-0.05, 0) is 68.4 Å². The van der Waals surface area contributed by atoms with Gasteiger partial charge in [0, 0.05) is 5.54 Å². The van der Waals surface area contributed by atoms with Crippen molar-refractivity contribution in [1.29, 1.82) is 0 Å². The van der Waals surface area contributed by atoms with Gasteiger partial charge < -0.3 is 15.7 Å². The van der Waals surface area contributed by atoms with Gasteiger partial charge >= 0.3 is 5.97 Å². The lowest BCUT2D eigenvalue weighted by molar-refractivity contribution is -0.116. The molecule has 0 radical (unpaired) electrons. The molecule has 6 rings (SSSR count). The minimum Gasteiger partial charge on any atom is -0.476 e. The third-order valence-corrected chi connectivity index (χ3v) is 6.70. The molecule has 1 amide bonds. The predicted octanol–water partition coefficient (Wildman–Crippen LogP) is 3.00. The van der Waals surface area contributed by atoms with Crippen LogP contribution in [0, 0.1) is 17.8 Å². The molecule has 1 aromatic heterocycles. The number of rotatable bonds is 6. The SMILES string of the molecule is O=C(Cn1cc(C(=O)O)nn1)Nc1ccccc1NC12CC3CC(CC(C3)C1)C2. The number of nitrogens with zero attached hydrogens (tertiary/aromatic N) is 3. The van der Waals surface area contributed by atoms with Gasteiger partial charge in [-0.25, -0.2) is 9.48 Å².